The lowest BCUT2D eigenvalue weighted by Gasteiger charge is -2.07. The molecule has 0 saturated heterocycles. The zero-order valence-electron chi connectivity index (χ0n) is 7.83. The van der Waals surface area contributed by atoms with Gasteiger partial charge < -0.3 is 4.57 Å². The van der Waals surface area contributed by atoms with Crippen LogP contribution in [0.3, 0.4) is 0 Å². The molecule has 5 heteroatoms. The van der Waals surface area contributed by atoms with Crippen LogP contribution >= 0.6 is 45.2 Å². The lowest BCUT2D eigenvalue weighted by Crippen LogP contribution is -2.00. The van der Waals surface area contributed by atoms with Gasteiger partial charge in [0.15, 0.2) is 3.83 Å². The summed E-state index contributed by atoms with van der Waals surface area (Å²) in [6.45, 7) is 4.31. The molecule has 2 rings (SSSR count). The van der Waals surface area contributed by atoms with Crippen molar-refractivity contribution in [3.05, 3.63) is 19.8 Å². The maximum Gasteiger partial charge on any atom is 0.192 e. The molecule has 0 aliphatic carbocycles. The molecule has 0 N–H and O–H groups in total. The van der Waals surface area contributed by atoms with Gasteiger partial charge in [-0.2, -0.15) is 0 Å². The normalized spacial score (nSPS) is 11.5. The van der Waals surface area contributed by atoms with Crippen LogP contribution in [0, 0.1) is 7.40 Å². The second-order valence-electron chi connectivity index (χ2n) is 3.35. The molecule has 0 aliphatic rings. The number of hydrogen-bond donors (Lipinski definition) is 0. The van der Waals surface area contributed by atoms with E-state index in [-0.39, 0.29) is 0 Å². The minimum Gasteiger partial charge on any atom is -0.329 e. The van der Waals surface area contributed by atoms with Gasteiger partial charge in [-0.1, -0.05) is 0 Å². The van der Waals surface area contributed by atoms with Crippen LogP contribution in [0.2, 0.25) is 0 Å². The Morgan fingerprint density at radius 2 is 2.07 bits per heavy atom. The zero-order chi connectivity index (χ0) is 10.3. The number of fused-ring (bicyclic) bond motifs is 1. The topological polar surface area (TPSA) is 30.7 Å². The average Bonchev–Trinajstić information content (AvgIpc) is 2.43. The molecule has 0 amide bonds. The summed E-state index contributed by atoms with van der Waals surface area (Å²) in [5, 5.41) is 1.14. The first-order chi connectivity index (χ1) is 6.59. The van der Waals surface area contributed by atoms with E-state index in [0.29, 0.717) is 6.04 Å². The van der Waals surface area contributed by atoms with E-state index in [2.05, 4.69) is 79.8 Å². The molecule has 0 saturated carbocycles. The van der Waals surface area contributed by atoms with Crippen molar-refractivity contribution >= 4 is 56.2 Å². The molecule has 2 heterocycles. The smallest absolute Gasteiger partial charge is 0.192 e. The summed E-state index contributed by atoms with van der Waals surface area (Å²) in [5.41, 5.74) is 1.03. The molecular formula is C9H9I2N3. The summed E-state index contributed by atoms with van der Waals surface area (Å²) in [7, 11) is 0. The molecule has 2 aromatic heterocycles. The fraction of sp³-hybridized carbons (Fsp3) is 0.333. The standard InChI is InChI=1S/C9H9I2N3/c1-5(2)14-4-7(10)6-3-12-9(11)13-8(6)14/h3-5H,1-2H3. The minimum absolute atomic E-state index is 0.437. The molecular weight excluding hydrogens is 404 g/mol. The number of hydrogen-bond acceptors (Lipinski definition) is 2. The molecule has 0 bridgehead atoms. The summed E-state index contributed by atoms with van der Waals surface area (Å²) in [6, 6.07) is 0.437. The summed E-state index contributed by atoms with van der Waals surface area (Å²) in [4.78, 5) is 8.65. The third-order valence-corrected chi connectivity index (χ3v) is 3.43. The highest BCUT2D eigenvalue weighted by Crippen LogP contribution is 2.23. The van der Waals surface area contributed by atoms with Crippen LogP contribution in [0.15, 0.2) is 12.4 Å². The number of halogens is 2. The van der Waals surface area contributed by atoms with Gasteiger partial charge in [-0.05, 0) is 36.4 Å². The van der Waals surface area contributed by atoms with E-state index in [1.807, 2.05) is 6.20 Å². The number of rotatable bonds is 1. The van der Waals surface area contributed by atoms with Gasteiger partial charge in [0.25, 0.3) is 0 Å². The molecule has 14 heavy (non-hydrogen) atoms. The maximum atomic E-state index is 4.45. The quantitative estimate of drug-likeness (QED) is 0.532. The lowest BCUT2D eigenvalue weighted by molar-refractivity contribution is 0.616. The van der Waals surface area contributed by atoms with Crippen molar-refractivity contribution in [2.45, 2.75) is 19.9 Å². The molecule has 0 aliphatic heterocycles. The van der Waals surface area contributed by atoms with Crippen LogP contribution in [0.4, 0.5) is 0 Å². The van der Waals surface area contributed by atoms with Crippen molar-refractivity contribution in [3.8, 4) is 0 Å². The van der Waals surface area contributed by atoms with Gasteiger partial charge in [-0.3, -0.25) is 0 Å². The van der Waals surface area contributed by atoms with Crippen molar-refractivity contribution in [1.82, 2.24) is 14.5 Å². The second kappa shape index (κ2) is 3.92. The Hall–Kier alpha value is 0.0800. The highest BCUT2D eigenvalue weighted by Gasteiger charge is 2.10. The van der Waals surface area contributed by atoms with Gasteiger partial charge in [-0.15, -0.1) is 0 Å². The Morgan fingerprint density at radius 1 is 1.36 bits per heavy atom. The van der Waals surface area contributed by atoms with E-state index < -0.39 is 0 Å². The summed E-state index contributed by atoms with van der Waals surface area (Å²) in [5.74, 6) is 0. The predicted octanol–water partition coefficient (Wildman–Crippen LogP) is 3.22. The maximum absolute atomic E-state index is 4.45. The van der Waals surface area contributed by atoms with E-state index in [1.165, 1.54) is 3.57 Å². The van der Waals surface area contributed by atoms with Crippen molar-refractivity contribution in [2.24, 2.45) is 0 Å². The Kier molecular flexibility index (Phi) is 2.96. The molecule has 0 atom stereocenters. The summed E-state index contributed by atoms with van der Waals surface area (Å²) in [6.07, 6.45) is 4.02. The molecule has 0 aromatic carbocycles. The van der Waals surface area contributed by atoms with Crippen LogP contribution < -0.4 is 0 Å². The summed E-state index contributed by atoms with van der Waals surface area (Å²) >= 11 is 4.46. The van der Waals surface area contributed by atoms with Crippen molar-refractivity contribution in [1.29, 1.82) is 0 Å². The van der Waals surface area contributed by atoms with Crippen molar-refractivity contribution in [3.63, 3.8) is 0 Å². The van der Waals surface area contributed by atoms with Gasteiger partial charge >= 0.3 is 0 Å². The van der Waals surface area contributed by atoms with Crippen LogP contribution in [0.25, 0.3) is 11.0 Å². The van der Waals surface area contributed by atoms with Gasteiger partial charge in [-0.25, -0.2) is 9.97 Å². The first kappa shape index (κ1) is 10.6. The van der Waals surface area contributed by atoms with Crippen molar-refractivity contribution < 1.29 is 0 Å². The van der Waals surface area contributed by atoms with E-state index >= 15 is 0 Å². The highest BCUT2D eigenvalue weighted by molar-refractivity contribution is 14.1. The monoisotopic (exact) mass is 413 g/mol. The fourth-order valence-electron chi connectivity index (χ4n) is 1.36. The second-order valence-corrected chi connectivity index (χ2v) is 5.48. The number of nitrogens with zero attached hydrogens (tertiary/aromatic N) is 3. The van der Waals surface area contributed by atoms with Gasteiger partial charge in [0.1, 0.15) is 5.65 Å². The van der Waals surface area contributed by atoms with Crippen LogP contribution in [-0.2, 0) is 0 Å². The molecule has 0 fully saturated rings. The van der Waals surface area contributed by atoms with Crippen LogP contribution in [-0.4, -0.2) is 14.5 Å². The lowest BCUT2D eigenvalue weighted by atomic mass is 10.4. The SMILES string of the molecule is CC(C)n1cc(I)c2cnc(I)nc21. The highest BCUT2D eigenvalue weighted by atomic mass is 127. The Morgan fingerprint density at radius 3 is 2.71 bits per heavy atom. The zero-order valence-corrected chi connectivity index (χ0v) is 12.1. The van der Waals surface area contributed by atoms with Gasteiger partial charge in [0.05, 0.1) is 5.39 Å². The molecule has 3 nitrogen and oxygen atoms in total. The first-order valence-electron chi connectivity index (χ1n) is 4.28. The van der Waals surface area contributed by atoms with E-state index in [4.69, 9.17) is 0 Å². The molecule has 0 radical (unpaired) electrons. The molecule has 2 aromatic rings. The van der Waals surface area contributed by atoms with Gasteiger partial charge in [0.2, 0.25) is 0 Å². The Balaban J connectivity index is 2.79. The first-order valence-corrected chi connectivity index (χ1v) is 6.44. The fourth-order valence-corrected chi connectivity index (χ4v) is 2.41. The van der Waals surface area contributed by atoms with Crippen LogP contribution in [0.1, 0.15) is 19.9 Å². The number of aromatic nitrogens is 3. The van der Waals surface area contributed by atoms with E-state index in [9.17, 15) is 0 Å². The summed E-state index contributed by atoms with van der Waals surface area (Å²) < 4.78 is 4.19. The Bertz CT molecular complexity index is 476. The molecule has 0 spiro atoms. The molecule has 0 unspecified atom stereocenters. The van der Waals surface area contributed by atoms with Gasteiger partial charge in [0, 0.05) is 44.6 Å². The van der Waals surface area contributed by atoms with Crippen molar-refractivity contribution in [2.75, 3.05) is 0 Å². The largest absolute Gasteiger partial charge is 0.329 e. The van der Waals surface area contributed by atoms with E-state index in [1.54, 1.807) is 0 Å². The predicted molar refractivity (Wildman–Crippen MR) is 73.3 cm³/mol. The van der Waals surface area contributed by atoms with E-state index in [0.717, 1.165) is 14.9 Å². The third-order valence-electron chi connectivity index (χ3n) is 2.05. The van der Waals surface area contributed by atoms with Crippen LogP contribution in [0.5, 0.6) is 0 Å². The minimum atomic E-state index is 0.437. The average molecular weight is 413 g/mol. The molecule has 74 valence electrons. The third kappa shape index (κ3) is 1.75. The Labute approximate surface area is 110 Å².